The molecule has 0 saturated heterocycles. The number of nitrogens with two attached hydrogens (primary N) is 2. The van der Waals surface area contributed by atoms with Crippen molar-refractivity contribution < 1.29 is 14.4 Å². The number of hydrogen-bond donors (Lipinski definition) is 4. The second-order valence-electron chi connectivity index (χ2n) is 1.77. The highest BCUT2D eigenvalue weighted by Gasteiger charge is 2.22. The zero-order valence-corrected chi connectivity index (χ0v) is 6.32. The lowest BCUT2D eigenvalue weighted by molar-refractivity contribution is 0.362. The number of guanidine groups is 1. The zero-order valence-electron chi connectivity index (χ0n) is 5.43. The minimum atomic E-state index is -4.16. The first-order valence-electron chi connectivity index (χ1n) is 2.48. The third-order valence-corrected chi connectivity index (χ3v) is 1.91. The van der Waals surface area contributed by atoms with Gasteiger partial charge in [-0.05, 0) is 6.92 Å². The summed E-state index contributed by atoms with van der Waals surface area (Å²) in [4.78, 5) is 20.1. The quantitative estimate of drug-likeness (QED) is 0.233. The van der Waals surface area contributed by atoms with Crippen LogP contribution in [0.15, 0.2) is 4.99 Å². The van der Waals surface area contributed by atoms with Gasteiger partial charge in [0.2, 0.25) is 0 Å². The van der Waals surface area contributed by atoms with Gasteiger partial charge in [-0.1, -0.05) is 0 Å². The largest absolute Gasteiger partial charge is 0.370 e. The molecule has 0 heterocycles. The van der Waals surface area contributed by atoms with Crippen molar-refractivity contribution in [3.8, 4) is 0 Å². The Morgan fingerprint density at radius 3 is 2.10 bits per heavy atom. The molecule has 0 amide bonds. The van der Waals surface area contributed by atoms with E-state index in [1.165, 1.54) is 6.92 Å². The van der Waals surface area contributed by atoms with Crippen LogP contribution in [0.4, 0.5) is 0 Å². The molecule has 0 aliphatic rings. The van der Waals surface area contributed by atoms with E-state index in [1.54, 1.807) is 0 Å². The molecule has 0 aliphatic carbocycles. The van der Waals surface area contributed by atoms with Crippen molar-refractivity contribution in [3.05, 3.63) is 0 Å². The van der Waals surface area contributed by atoms with E-state index in [0.717, 1.165) is 0 Å². The van der Waals surface area contributed by atoms with E-state index in [4.69, 9.17) is 21.3 Å². The normalized spacial score (nSPS) is 14.3. The van der Waals surface area contributed by atoms with E-state index < -0.39 is 13.4 Å². The van der Waals surface area contributed by atoms with E-state index in [-0.39, 0.29) is 5.96 Å². The molecule has 0 saturated carbocycles. The third kappa shape index (κ3) is 3.45. The van der Waals surface area contributed by atoms with Gasteiger partial charge in [-0.15, -0.1) is 0 Å². The fourth-order valence-electron chi connectivity index (χ4n) is 0.291. The van der Waals surface area contributed by atoms with E-state index in [9.17, 15) is 4.57 Å². The summed E-state index contributed by atoms with van der Waals surface area (Å²) in [5, 5.41) is 0. The average molecular weight is 167 g/mol. The van der Waals surface area contributed by atoms with Crippen molar-refractivity contribution in [2.75, 3.05) is 0 Å². The summed E-state index contributed by atoms with van der Waals surface area (Å²) in [5.74, 6) is -1.48. The topological polar surface area (TPSA) is 122 Å². The summed E-state index contributed by atoms with van der Waals surface area (Å²) in [5.41, 5.74) is 9.75. The molecule has 0 aliphatic heterocycles. The maximum Gasteiger partial charge on any atom is 0.349 e. The lowest BCUT2D eigenvalue weighted by atomic mass is 10.8. The van der Waals surface area contributed by atoms with E-state index in [2.05, 4.69) is 4.99 Å². The van der Waals surface area contributed by atoms with Gasteiger partial charge in [0.25, 0.3) is 0 Å². The predicted molar refractivity (Wildman–Crippen MR) is 37.3 cm³/mol. The van der Waals surface area contributed by atoms with Gasteiger partial charge in [0.15, 0.2) is 11.7 Å². The highest BCUT2D eigenvalue weighted by Crippen LogP contribution is 2.41. The molecule has 1 atom stereocenters. The maximum absolute atomic E-state index is 10.3. The van der Waals surface area contributed by atoms with Crippen LogP contribution in [-0.2, 0) is 4.57 Å². The van der Waals surface area contributed by atoms with Gasteiger partial charge < -0.3 is 21.3 Å². The summed E-state index contributed by atoms with van der Waals surface area (Å²) in [7, 11) is -4.16. The van der Waals surface area contributed by atoms with Crippen LogP contribution in [0.25, 0.3) is 0 Å². The van der Waals surface area contributed by atoms with Crippen LogP contribution in [0, 0.1) is 0 Å². The van der Waals surface area contributed by atoms with Gasteiger partial charge >= 0.3 is 7.60 Å². The SMILES string of the molecule is CC(N=C(N)N)P(=O)(O)O. The number of aliphatic imine (C=N–C) groups is 1. The van der Waals surface area contributed by atoms with Crippen LogP contribution in [0.3, 0.4) is 0 Å². The van der Waals surface area contributed by atoms with Crippen molar-refractivity contribution in [1.82, 2.24) is 0 Å². The molecule has 1 unspecified atom stereocenters. The lowest BCUT2D eigenvalue weighted by Gasteiger charge is -2.07. The summed E-state index contributed by atoms with van der Waals surface area (Å²) in [6.07, 6.45) is 0. The first kappa shape index (κ1) is 9.42. The molecule has 10 heavy (non-hydrogen) atoms. The molecule has 0 aromatic carbocycles. The molecule has 0 aromatic heterocycles. The minimum absolute atomic E-state index is 0.323. The van der Waals surface area contributed by atoms with E-state index in [0.29, 0.717) is 0 Å². The Bertz CT molecular complexity index is 181. The Labute approximate surface area is 58.1 Å². The van der Waals surface area contributed by atoms with Crippen LogP contribution in [0.1, 0.15) is 6.92 Å². The Kier molecular flexibility index (Phi) is 2.83. The predicted octanol–water partition coefficient (Wildman–Crippen LogP) is -1.22. The van der Waals surface area contributed by atoms with Crippen LogP contribution >= 0.6 is 7.60 Å². The molecule has 6 nitrogen and oxygen atoms in total. The van der Waals surface area contributed by atoms with E-state index >= 15 is 0 Å². The van der Waals surface area contributed by atoms with Crippen LogP contribution in [0.5, 0.6) is 0 Å². The molecule has 0 rings (SSSR count). The fourth-order valence-corrected chi connectivity index (χ4v) is 0.575. The highest BCUT2D eigenvalue weighted by molar-refractivity contribution is 7.52. The molecular weight excluding hydrogens is 157 g/mol. The Morgan fingerprint density at radius 1 is 1.60 bits per heavy atom. The molecule has 0 bridgehead atoms. The van der Waals surface area contributed by atoms with Gasteiger partial charge in [0, 0.05) is 0 Å². The molecule has 0 radical (unpaired) electrons. The van der Waals surface area contributed by atoms with Gasteiger partial charge in [0.1, 0.15) is 0 Å². The molecule has 7 heteroatoms. The molecule has 0 aromatic rings. The number of hydrogen-bond acceptors (Lipinski definition) is 2. The van der Waals surface area contributed by atoms with Crippen molar-refractivity contribution >= 4 is 13.6 Å². The highest BCUT2D eigenvalue weighted by atomic mass is 31.2. The Hall–Kier alpha value is -0.580. The third-order valence-electron chi connectivity index (χ3n) is 0.823. The smallest absolute Gasteiger partial charge is 0.349 e. The van der Waals surface area contributed by atoms with Gasteiger partial charge in [0.05, 0.1) is 0 Å². The van der Waals surface area contributed by atoms with Crippen LogP contribution in [-0.4, -0.2) is 21.5 Å². The van der Waals surface area contributed by atoms with Crippen molar-refractivity contribution in [2.24, 2.45) is 16.5 Å². The zero-order chi connectivity index (χ0) is 8.36. The molecule has 6 N–H and O–H groups in total. The fraction of sp³-hybridized carbons (Fsp3) is 0.667. The van der Waals surface area contributed by atoms with Gasteiger partial charge in [-0.2, -0.15) is 0 Å². The monoisotopic (exact) mass is 167 g/mol. The first-order chi connectivity index (χ1) is 4.34. The van der Waals surface area contributed by atoms with Crippen molar-refractivity contribution in [2.45, 2.75) is 12.7 Å². The van der Waals surface area contributed by atoms with Crippen molar-refractivity contribution in [1.29, 1.82) is 0 Å². The number of rotatable bonds is 2. The summed E-state index contributed by atoms with van der Waals surface area (Å²) >= 11 is 0. The standard InChI is InChI=1S/C3H10N3O3P/c1-2(6-3(4)5)10(7,8)9/h2H,1H3,(H4,4,5,6)(H2,7,8,9). The average Bonchev–Trinajstić information content (AvgIpc) is 1.60. The molecular formula is C3H10N3O3P. The first-order valence-corrected chi connectivity index (χ1v) is 4.16. The van der Waals surface area contributed by atoms with E-state index in [1.807, 2.05) is 0 Å². The van der Waals surface area contributed by atoms with Gasteiger partial charge in [-0.3, -0.25) is 4.57 Å². The summed E-state index contributed by atoms with van der Waals surface area (Å²) in [6, 6.07) is 0. The Balaban J connectivity index is 4.26. The second kappa shape index (κ2) is 3.01. The van der Waals surface area contributed by atoms with Crippen LogP contribution < -0.4 is 11.5 Å². The van der Waals surface area contributed by atoms with Crippen molar-refractivity contribution in [3.63, 3.8) is 0 Å². The minimum Gasteiger partial charge on any atom is -0.370 e. The number of nitrogens with zero attached hydrogens (tertiary/aromatic N) is 1. The Morgan fingerprint density at radius 2 is 2.00 bits per heavy atom. The molecule has 0 spiro atoms. The lowest BCUT2D eigenvalue weighted by Crippen LogP contribution is -2.24. The molecule has 0 fully saturated rings. The summed E-state index contributed by atoms with van der Waals surface area (Å²) < 4.78 is 10.3. The molecule has 60 valence electrons. The van der Waals surface area contributed by atoms with Gasteiger partial charge in [-0.25, -0.2) is 4.99 Å². The summed E-state index contributed by atoms with van der Waals surface area (Å²) in [6.45, 7) is 1.24. The maximum atomic E-state index is 10.3. The second-order valence-corrected chi connectivity index (χ2v) is 3.70. The van der Waals surface area contributed by atoms with Crippen LogP contribution in [0.2, 0.25) is 0 Å².